The van der Waals surface area contributed by atoms with E-state index in [4.69, 9.17) is 0 Å². The normalized spacial score (nSPS) is 19.2. The first-order valence-corrected chi connectivity index (χ1v) is 5.19. The summed E-state index contributed by atoms with van der Waals surface area (Å²) in [5.41, 5.74) is 0.952. The zero-order valence-corrected chi connectivity index (χ0v) is 8.77. The summed E-state index contributed by atoms with van der Waals surface area (Å²) in [5.74, 6) is -0.368. The van der Waals surface area contributed by atoms with Gasteiger partial charge in [0.2, 0.25) is 11.8 Å². The topological polar surface area (TPSA) is 71.1 Å². The second-order valence-corrected chi connectivity index (χ2v) is 3.78. The molecule has 2 rings (SSSR count). The smallest absolute Gasteiger partial charge is 0.225 e. The number of amides is 2. The zero-order valence-electron chi connectivity index (χ0n) is 8.77. The monoisotopic (exact) mass is 219 g/mol. The molecule has 0 bridgehead atoms. The quantitative estimate of drug-likeness (QED) is 0.741. The van der Waals surface area contributed by atoms with E-state index in [2.05, 4.69) is 15.6 Å². The van der Waals surface area contributed by atoms with Gasteiger partial charge in [-0.15, -0.1) is 0 Å². The lowest BCUT2D eigenvalue weighted by atomic mass is 10.1. The van der Waals surface area contributed by atoms with Crippen molar-refractivity contribution in [1.82, 2.24) is 15.6 Å². The van der Waals surface area contributed by atoms with Crippen LogP contribution in [0.3, 0.4) is 0 Å². The van der Waals surface area contributed by atoms with Gasteiger partial charge in [0.25, 0.3) is 0 Å². The van der Waals surface area contributed by atoms with Gasteiger partial charge in [-0.05, 0) is 11.6 Å². The molecule has 1 atom stereocenters. The van der Waals surface area contributed by atoms with Crippen molar-refractivity contribution in [3.8, 4) is 0 Å². The molecule has 0 saturated carbocycles. The van der Waals surface area contributed by atoms with Crippen molar-refractivity contribution in [2.75, 3.05) is 6.54 Å². The summed E-state index contributed by atoms with van der Waals surface area (Å²) in [5, 5.41) is 5.43. The first kappa shape index (κ1) is 10.6. The molecule has 1 aliphatic rings. The largest absolute Gasteiger partial charge is 0.355 e. The highest BCUT2D eigenvalue weighted by Gasteiger charge is 2.27. The molecule has 5 heteroatoms. The predicted octanol–water partition coefficient (Wildman–Crippen LogP) is -0.166. The van der Waals surface area contributed by atoms with Gasteiger partial charge >= 0.3 is 0 Å². The van der Waals surface area contributed by atoms with Crippen LogP contribution in [-0.2, 0) is 16.1 Å². The minimum atomic E-state index is -0.232. The average molecular weight is 219 g/mol. The Morgan fingerprint density at radius 2 is 2.50 bits per heavy atom. The van der Waals surface area contributed by atoms with Crippen molar-refractivity contribution in [3.63, 3.8) is 0 Å². The van der Waals surface area contributed by atoms with Crippen molar-refractivity contribution in [1.29, 1.82) is 0 Å². The third kappa shape index (κ3) is 2.56. The van der Waals surface area contributed by atoms with Gasteiger partial charge in [-0.1, -0.05) is 6.07 Å². The van der Waals surface area contributed by atoms with Crippen LogP contribution in [0.15, 0.2) is 24.5 Å². The molecule has 1 saturated heterocycles. The average Bonchev–Trinajstić information content (AvgIpc) is 2.74. The molecule has 84 valence electrons. The van der Waals surface area contributed by atoms with Crippen LogP contribution in [0.1, 0.15) is 12.0 Å². The summed E-state index contributed by atoms with van der Waals surface area (Å²) in [6.07, 6.45) is 3.68. The van der Waals surface area contributed by atoms with E-state index in [1.54, 1.807) is 12.4 Å². The van der Waals surface area contributed by atoms with E-state index in [0.717, 1.165) is 5.56 Å². The summed E-state index contributed by atoms with van der Waals surface area (Å²) < 4.78 is 0. The van der Waals surface area contributed by atoms with Crippen molar-refractivity contribution >= 4 is 11.8 Å². The van der Waals surface area contributed by atoms with Gasteiger partial charge in [0.1, 0.15) is 0 Å². The number of hydrogen-bond donors (Lipinski definition) is 2. The van der Waals surface area contributed by atoms with E-state index in [1.165, 1.54) is 0 Å². The van der Waals surface area contributed by atoms with E-state index in [0.29, 0.717) is 19.5 Å². The third-order valence-electron chi connectivity index (χ3n) is 2.54. The van der Waals surface area contributed by atoms with E-state index >= 15 is 0 Å². The van der Waals surface area contributed by atoms with Gasteiger partial charge in [0, 0.05) is 31.9 Å². The number of carbonyl (C=O) groups excluding carboxylic acids is 2. The van der Waals surface area contributed by atoms with Crippen LogP contribution < -0.4 is 10.6 Å². The molecule has 1 aliphatic heterocycles. The maximum atomic E-state index is 11.6. The lowest BCUT2D eigenvalue weighted by Crippen LogP contribution is -2.31. The van der Waals surface area contributed by atoms with Crippen LogP contribution in [0, 0.1) is 5.92 Å². The molecule has 1 aromatic heterocycles. The number of carbonyl (C=O) groups is 2. The predicted molar refractivity (Wildman–Crippen MR) is 57.2 cm³/mol. The standard InChI is InChI=1S/C11H13N3O2/c15-10-4-9(7-13-10)11(16)14-6-8-2-1-3-12-5-8/h1-3,5,9H,4,6-7H2,(H,13,15)(H,14,16). The summed E-state index contributed by atoms with van der Waals surface area (Å²) in [6, 6.07) is 3.72. The molecule has 0 aliphatic carbocycles. The fraction of sp³-hybridized carbons (Fsp3) is 0.364. The number of rotatable bonds is 3. The van der Waals surface area contributed by atoms with Crippen molar-refractivity contribution in [2.24, 2.45) is 5.92 Å². The van der Waals surface area contributed by atoms with Crippen LogP contribution in [0.4, 0.5) is 0 Å². The summed E-state index contributed by atoms with van der Waals surface area (Å²) in [7, 11) is 0. The number of hydrogen-bond acceptors (Lipinski definition) is 3. The molecular formula is C11H13N3O2. The highest BCUT2D eigenvalue weighted by molar-refractivity contribution is 5.89. The molecule has 2 amide bonds. The summed E-state index contributed by atoms with van der Waals surface area (Å²) >= 11 is 0. The number of aromatic nitrogens is 1. The Labute approximate surface area is 93.3 Å². The first-order chi connectivity index (χ1) is 7.75. The van der Waals surface area contributed by atoms with Gasteiger partial charge in [-0.25, -0.2) is 0 Å². The van der Waals surface area contributed by atoms with Gasteiger partial charge in [-0.2, -0.15) is 0 Å². The molecule has 0 spiro atoms. The maximum Gasteiger partial charge on any atom is 0.225 e. The van der Waals surface area contributed by atoms with Gasteiger partial charge in [0.05, 0.1) is 5.92 Å². The third-order valence-corrected chi connectivity index (χ3v) is 2.54. The van der Waals surface area contributed by atoms with Crippen molar-refractivity contribution in [3.05, 3.63) is 30.1 Å². The second-order valence-electron chi connectivity index (χ2n) is 3.78. The van der Waals surface area contributed by atoms with E-state index in [-0.39, 0.29) is 17.7 Å². The highest BCUT2D eigenvalue weighted by atomic mass is 16.2. The Morgan fingerprint density at radius 3 is 3.12 bits per heavy atom. The molecule has 2 heterocycles. The Balaban J connectivity index is 1.82. The summed E-state index contributed by atoms with van der Waals surface area (Å²) in [6.45, 7) is 0.898. The highest BCUT2D eigenvalue weighted by Crippen LogP contribution is 2.08. The molecule has 2 N–H and O–H groups in total. The van der Waals surface area contributed by atoms with Crippen LogP contribution in [0.25, 0.3) is 0 Å². The lowest BCUT2D eigenvalue weighted by Gasteiger charge is -2.08. The van der Waals surface area contributed by atoms with Gasteiger partial charge in [0.15, 0.2) is 0 Å². The molecular weight excluding hydrogens is 206 g/mol. The summed E-state index contributed by atoms with van der Waals surface area (Å²) in [4.78, 5) is 26.5. The van der Waals surface area contributed by atoms with Crippen molar-refractivity contribution in [2.45, 2.75) is 13.0 Å². The Morgan fingerprint density at radius 1 is 1.62 bits per heavy atom. The fourth-order valence-electron chi connectivity index (χ4n) is 1.63. The van der Waals surface area contributed by atoms with E-state index < -0.39 is 0 Å². The van der Waals surface area contributed by atoms with Crippen LogP contribution in [0.5, 0.6) is 0 Å². The zero-order chi connectivity index (χ0) is 11.4. The second kappa shape index (κ2) is 4.74. The Kier molecular flexibility index (Phi) is 3.14. The van der Waals surface area contributed by atoms with Gasteiger partial charge < -0.3 is 10.6 Å². The lowest BCUT2D eigenvalue weighted by molar-refractivity contribution is -0.126. The molecule has 1 fully saturated rings. The van der Waals surface area contributed by atoms with E-state index in [1.807, 2.05) is 12.1 Å². The molecule has 5 nitrogen and oxygen atoms in total. The van der Waals surface area contributed by atoms with Gasteiger partial charge in [-0.3, -0.25) is 14.6 Å². The minimum absolute atomic E-state index is 0.0541. The fourth-order valence-corrected chi connectivity index (χ4v) is 1.63. The molecule has 0 radical (unpaired) electrons. The molecule has 1 unspecified atom stereocenters. The molecule has 16 heavy (non-hydrogen) atoms. The minimum Gasteiger partial charge on any atom is -0.355 e. The number of nitrogens with one attached hydrogen (secondary N) is 2. The van der Waals surface area contributed by atoms with Crippen LogP contribution in [0.2, 0.25) is 0 Å². The maximum absolute atomic E-state index is 11.6. The molecule has 0 aromatic carbocycles. The Hall–Kier alpha value is -1.91. The van der Waals surface area contributed by atoms with Crippen LogP contribution >= 0.6 is 0 Å². The number of pyridine rings is 1. The van der Waals surface area contributed by atoms with E-state index in [9.17, 15) is 9.59 Å². The Bertz CT molecular complexity index is 391. The number of nitrogens with zero attached hydrogens (tertiary/aromatic N) is 1. The molecule has 1 aromatic rings. The first-order valence-electron chi connectivity index (χ1n) is 5.19. The van der Waals surface area contributed by atoms with Crippen molar-refractivity contribution < 1.29 is 9.59 Å². The van der Waals surface area contributed by atoms with Crippen LogP contribution in [-0.4, -0.2) is 23.3 Å². The SMILES string of the molecule is O=C1CC(C(=O)NCc2cccnc2)CN1.